The minimum Gasteiger partial charge on any atom is -0.480 e. The van der Waals surface area contributed by atoms with Crippen LogP contribution < -0.4 is 0 Å². The van der Waals surface area contributed by atoms with Crippen LogP contribution in [0.4, 0.5) is 4.39 Å². The van der Waals surface area contributed by atoms with Crippen LogP contribution in [0.1, 0.15) is 16.1 Å². The number of likely N-dealkylation sites (N-methyl/N-ethyl adjacent to an activating group) is 1. The molecule has 1 aromatic carbocycles. The van der Waals surface area contributed by atoms with Crippen LogP contribution in [0, 0.1) is 12.7 Å². The Labute approximate surface area is 114 Å². The van der Waals surface area contributed by atoms with E-state index < -0.39 is 24.2 Å². The van der Waals surface area contributed by atoms with Crippen LogP contribution in [0.3, 0.4) is 0 Å². The lowest BCUT2D eigenvalue weighted by atomic mass is 10.1. The summed E-state index contributed by atoms with van der Waals surface area (Å²) >= 11 is 0. The number of aliphatic carboxylic acids is 1. The zero-order valence-corrected chi connectivity index (χ0v) is 11.1. The number of nitrogens with zero attached hydrogens (tertiary/aromatic N) is 2. The molecule has 2 aromatic rings. The molecule has 20 heavy (non-hydrogen) atoms. The molecule has 5 nitrogen and oxygen atoms in total. The van der Waals surface area contributed by atoms with Gasteiger partial charge in [-0.25, -0.2) is 4.39 Å². The maximum absolute atomic E-state index is 13.3. The summed E-state index contributed by atoms with van der Waals surface area (Å²) in [7, 11) is 1.39. The molecule has 0 aliphatic carbocycles. The molecule has 0 aliphatic rings. The Morgan fingerprint density at radius 3 is 2.70 bits per heavy atom. The number of carbonyl (C=O) groups excluding carboxylic acids is 1. The Morgan fingerprint density at radius 2 is 2.05 bits per heavy atom. The fraction of sp³-hybridized carbons (Fsp3) is 0.214. The third-order valence-corrected chi connectivity index (χ3v) is 2.85. The van der Waals surface area contributed by atoms with E-state index in [0.717, 1.165) is 4.90 Å². The fourth-order valence-corrected chi connectivity index (χ4v) is 1.99. The summed E-state index contributed by atoms with van der Waals surface area (Å²) in [5, 5.41) is 9.10. The van der Waals surface area contributed by atoms with Crippen molar-refractivity contribution in [1.29, 1.82) is 0 Å². The zero-order chi connectivity index (χ0) is 14.9. The van der Waals surface area contributed by atoms with Crippen molar-refractivity contribution in [2.75, 3.05) is 13.6 Å². The van der Waals surface area contributed by atoms with E-state index in [2.05, 4.69) is 4.98 Å². The molecule has 0 atom stereocenters. The van der Waals surface area contributed by atoms with Crippen LogP contribution in [0.25, 0.3) is 10.9 Å². The number of carboxylic acids is 1. The van der Waals surface area contributed by atoms with Crippen LogP contribution >= 0.6 is 0 Å². The zero-order valence-electron chi connectivity index (χ0n) is 11.1. The van der Waals surface area contributed by atoms with E-state index in [1.807, 2.05) is 0 Å². The SMILES string of the molecule is Cc1cc(C(=O)N(C)CC(=O)O)c2cc(F)ccc2n1. The van der Waals surface area contributed by atoms with Crippen LogP contribution in [0.5, 0.6) is 0 Å². The standard InChI is InChI=1S/C14H13FN2O3/c1-8-5-11(14(20)17(2)7-13(18)19)10-6-9(15)3-4-12(10)16-8/h3-6H,7H2,1-2H3,(H,18,19). The van der Waals surface area contributed by atoms with Gasteiger partial charge in [0.05, 0.1) is 11.1 Å². The number of amides is 1. The Morgan fingerprint density at radius 1 is 1.35 bits per heavy atom. The number of rotatable bonds is 3. The third-order valence-electron chi connectivity index (χ3n) is 2.85. The molecule has 0 fully saturated rings. The number of hydrogen-bond donors (Lipinski definition) is 1. The predicted molar refractivity (Wildman–Crippen MR) is 71.0 cm³/mol. The van der Waals surface area contributed by atoms with E-state index in [4.69, 9.17) is 5.11 Å². The van der Waals surface area contributed by atoms with Crippen LogP contribution in [-0.4, -0.2) is 40.5 Å². The molecular formula is C14H13FN2O3. The number of pyridine rings is 1. The maximum atomic E-state index is 13.3. The van der Waals surface area contributed by atoms with E-state index in [1.165, 1.54) is 31.3 Å². The van der Waals surface area contributed by atoms with E-state index in [1.54, 1.807) is 6.92 Å². The normalized spacial score (nSPS) is 10.6. The van der Waals surface area contributed by atoms with Gasteiger partial charge >= 0.3 is 5.97 Å². The molecule has 1 amide bonds. The van der Waals surface area contributed by atoms with Gasteiger partial charge in [0, 0.05) is 18.1 Å². The van der Waals surface area contributed by atoms with Crippen molar-refractivity contribution in [2.24, 2.45) is 0 Å². The second-order valence-electron chi connectivity index (χ2n) is 4.53. The Kier molecular flexibility index (Phi) is 3.65. The molecule has 2 rings (SSSR count). The predicted octanol–water partition coefficient (Wildman–Crippen LogP) is 1.84. The number of aromatic nitrogens is 1. The average molecular weight is 276 g/mol. The summed E-state index contributed by atoms with van der Waals surface area (Å²) in [6.45, 7) is 1.30. The smallest absolute Gasteiger partial charge is 0.323 e. The lowest BCUT2D eigenvalue weighted by molar-refractivity contribution is -0.137. The number of aryl methyl sites for hydroxylation is 1. The third kappa shape index (κ3) is 2.74. The molecular weight excluding hydrogens is 263 g/mol. The highest BCUT2D eigenvalue weighted by atomic mass is 19.1. The Bertz CT molecular complexity index is 700. The number of benzene rings is 1. The van der Waals surface area contributed by atoms with Crippen molar-refractivity contribution in [1.82, 2.24) is 9.88 Å². The maximum Gasteiger partial charge on any atom is 0.323 e. The first-order valence-corrected chi connectivity index (χ1v) is 5.92. The minimum absolute atomic E-state index is 0.246. The topological polar surface area (TPSA) is 70.5 Å². The van der Waals surface area contributed by atoms with Crippen LogP contribution in [0.2, 0.25) is 0 Å². The highest BCUT2D eigenvalue weighted by Gasteiger charge is 2.18. The van der Waals surface area contributed by atoms with Gasteiger partial charge in [-0.3, -0.25) is 14.6 Å². The summed E-state index contributed by atoms with van der Waals surface area (Å²) in [5.74, 6) is -2.06. The molecule has 0 saturated heterocycles. The van der Waals surface area contributed by atoms with E-state index in [0.29, 0.717) is 16.6 Å². The highest BCUT2D eigenvalue weighted by molar-refractivity contribution is 6.06. The van der Waals surface area contributed by atoms with E-state index >= 15 is 0 Å². The van der Waals surface area contributed by atoms with Gasteiger partial charge in [-0.15, -0.1) is 0 Å². The molecule has 0 aliphatic heterocycles. The van der Waals surface area contributed by atoms with E-state index in [-0.39, 0.29) is 5.56 Å². The summed E-state index contributed by atoms with van der Waals surface area (Å²) in [6, 6.07) is 5.52. The van der Waals surface area contributed by atoms with Gasteiger partial charge in [-0.05, 0) is 31.2 Å². The van der Waals surface area contributed by atoms with Gasteiger partial charge in [0.1, 0.15) is 12.4 Å². The van der Waals surface area contributed by atoms with Crippen molar-refractivity contribution >= 4 is 22.8 Å². The number of hydrogen-bond acceptors (Lipinski definition) is 3. The molecule has 0 saturated carbocycles. The summed E-state index contributed by atoms with van der Waals surface area (Å²) in [5.41, 5.74) is 1.35. The molecule has 1 N–H and O–H groups in total. The molecule has 0 spiro atoms. The van der Waals surface area contributed by atoms with Gasteiger partial charge in [0.2, 0.25) is 0 Å². The van der Waals surface area contributed by atoms with Gasteiger partial charge in [-0.2, -0.15) is 0 Å². The molecule has 0 unspecified atom stereocenters. The van der Waals surface area contributed by atoms with Crippen molar-refractivity contribution < 1.29 is 19.1 Å². The lowest BCUT2D eigenvalue weighted by Crippen LogP contribution is -2.32. The van der Waals surface area contributed by atoms with Crippen molar-refractivity contribution in [3.8, 4) is 0 Å². The highest BCUT2D eigenvalue weighted by Crippen LogP contribution is 2.21. The number of halogens is 1. The largest absolute Gasteiger partial charge is 0.480 e. The average Bonchev–Trinajstić information content (AvgIpc) is 2.36. The van der Waals surface area contributed by atoms with E-state index in [9.17, 15) is 14.0 Å². The first-order chi connectivity index (χ1) is 9.38. The molecule has 104 valence electrons. The quantitative estimate of drug-likeness (QED) is 0.928. The minimum atomic E-state index is -1.11. The first kappa shape index (κ1) is 13.9. The number of carboxylic acid groups (broad SMARTS) is 1. The summed E-state index contributed by atoms with van der Waals surface area (Å²) < 4.78 is 13.3. The Balaban J connectivity index is 2.55. The summed E-state index contributed by atoms with van der Waals surface area (Å²) in [6.07, 6.45) is 0. The lowest BCUT2D eigenvalue weighted by Gasteiger charge is -2.16. The molecule has 6 heteroatoms. The monoisotopic (exact) mass is 276 g/mol. The summed E-state index contributed by atoms with van der Waals surface area (Å²) in [4.78, 5) is 28.2. The molecule has 0 radical (unpaired) electrons. The second kappa shape index (κ2) is 5.24. The van der Waals surface area contributed by atoms with Crippen molar-refractivity contribution in [2.45, 2.75) is 6.92 Å². The van der Waals surface area contributed by atoms with Crippen molar-refractivity contribution in [3.05, 3.63) is 41.3 Å². The van der Waals surface area contributed by atoms with Crippen LogP contribution in [-0.2, 0) is 4.79 Å². The van der Waals surface area contributed by atoms with Crippen LogP contribution in [0.15, 0.2) is 24.3 Å². The van der Waals surface area contributed by atoms with Gasteiger partial charge in [0.25, 0.3) is 5.91 Å². The number of fused-ring (bicyclic) bond motifs is 1. The van der Waals surface area contributed by atoms with Gasteiger partial charge < -0.3 is 10.0 Å². The molecule has 1 heterocycles. The molecule has 0 bridgehead atoms. The number of carbonyl (C=O) groups is 2. The van der Waals surface area contributed by atoms with Crippen molar-refractivity contribution in [3.63, 3.8) is 0 Å². The Hall–Kier alpha value is -2.50. The van der Waals surface area contributed by atoms with Gasteiger partial charge in [0.15, 0.2) is 0 Å². The fourth-order valence-electron chi connectivity index (χ4n) is 1.99. The molecule has 1 aromatic heterocycles. The first-order valence-electron chi connectivity index (χ1n) is 5.92. The van der Waals surface area contributed by atoms with Gasteiger partial charge in [-0.1, -0.05) is 0 Å². The second-order valence-corrected chi connectivity index (χ2v) is 4.53.